The van der Waals surface area contributed by atoms with Crippen LogP contribution in [0.2, 0.25) is 0 Å². The van der Waals surface area contributed by atoms with E-state index in [0.717, 1.165) is 23.9 Å². The van der Waals surface area contributed by atoms with E-state index in [0.29, 0.717) is 18.5 Å². The standard InChI is InChI=1S/C17H22N2O2/c1-13-6-5-7-14-15(13)18-12-19(16(14)20)10-17(11-21-2)8-3-4-9-17/h5-7,12H,3-4,8-11H2,1-2H3. The summed E-state index contributed by atoms with van der Waals surface area (Å²) in [6.07, 6.45) is 6.39. The predicted octanol–water partition coefficient (Wildman–Crippen LogP) is 2.91. The van der Waals surface area contributed by atoms with Gasteiger partial charge in [-0.05, 0) is 31.4 Å². The van der Waals surface area contributed by atoms with E-state index in [9.17, 15) is 4.79 Å². The number of aromatic nitrogens is 2. The fourth-order valence-electron chi connectivity index (χ4n) is 3.59. The molecule has 0 saturated heterocycles. The number of fused-ring (bicyclic) bond motifs is 1. The van der Waals surface area contributed by atoms with Crippen molar-refractivity contribution in [2.24, 2.45) is 5.41 Å². The molecule has 0 aliphatic heterocycles. The first-order valence-corrected chi connectivity index (χ1v) is 7.59. The van der Waals surface area contributed by atoms with Crippen LogP contribution in [0.15, 0.2) is 29.3 Å². The molecule has 0 atom stereocenters. The molecule has 2 aromatic rings. The van der Waals surface area contributed by atoms with Crippen LogP contribution in [0.25, 0.3) is 10.9 Å². The summed E-state index contributed by atoms with van der Waals surface area (Å²) in [5, 5.41) is 0.711. The van der Waals surface area contributed by atoms with Gasteiger partial charge in [-0.3, -0.25) is 9.36 Å². The number of ether oxygens (including phenoxy) is 1. The van der Waals surface area contributed by atoms with Gasteiger partial charge < -0.3 is 4.74 Å². The zero-order valence-corrected chi connectivity index (χ0v) is 12.8. The van der Waals surface area contributed by atoms with E-state index in [-0.39, 0.29) is 11.0 Å². The molecular weight excluding hydrogens is 264 g/mol. The molecule has 0 radical (unpaired) electrons. The van der Waals surface area contributed by atoms with Gasteiger partial charge in [0.1, 0.15) is 0 Å². The van der Waals surface area contributed by atoms with Gasteiger partial charge in [0.05, 0.1) is 23.8 Å². The van der Waals surface area contributed by atoms with Crippen LogP contribution in [0.4, 0.5) is 0 Å². The quantitative estimate of drug-likeness (QED) is 0.868. The van der Waals surface area contributed by atoms with Crippen LogP contribution in [-0.4, -0.2) is 23.3 Å². The molecule has 1 saturated carbocycles. The number of nitrogens with zero attached hydrogens (tertiary/aromatic N) is 2. The minimum atomic E-state index is 0.0612. The van der Waals surface area contributed by atoms with E-state index in [1.54, 1.807) is 18.0 Å². The Bertz CT molecular complexity index is 699. The molecule has 112 valence electrons. The third kappa shape index (κ3) is 2.60. The van der Waals surface area contributed by atoms with E-state index in [4.69, 9.17) is 4.74 Å². The highest BCUT2D eigenvalue weighted by molar-refractivity contribution is 5.80. The minimum Gasteiger partial charge on any atom is -0.384 e. The largest absolute Gasteiger partial charge is 0.384 e. The second-order valence-electron chi connectivity index (χ2n) is 6.29. The Morgan fingerprint density at radius 1 is 1.33 bits per heavy atom. The summed E-state index contributed by atoms with van der Waals surface area (Å²) in [5.41, 5.74) is 2.01. The van der Waals surface area contributed by atoms with Crippen molar-refractivity contribution in [2.45, 2.75) is 39.2 Å². The van der Waals surface area contributed by atoms with Crippen molar-refractivity contribution in [2.75, 3.05) is 13.7 Å². The summed E-state index contributed by atoms with van der Waals surface area (Å²) >= 11 is 0. The van der Waals surface area contributed by atoms with Gasteiger partial charge in [-0.25, -0.2) is 4.98 Å². The Kier molecular flexibility index (Phi) is 3.81. The van der Waals surface area contributed by atoms with Gasteiger partial charge in [0.25, 0.3) is 5.56 Å². The molecule has 0 N–H and O–H groups in total. The van der Waals surface area contributed by atoms with Crippen molar-refractivity contribution in [3.05, 3.63) is 40.4 Å². The Morgan fingerprint density at radius 3 is 2.81 bits per heavy atom. The van der Waals surface area contributed by atoms with Crippen molar-refractivity contribution in [3.63, 3.8) is 0 Å². The van der Waals surface area contributed by atoms with Gasteiger partial charge in [0.15, 0.2) is 0 Å². The molecule has 21 heavy (non-hydrogen) atoms. The summed E-state index contributed by atoms with van der Waals surface area (Å²) in [5.74, 6) is 0. The summed E-state index contributed by atoms with van der Waals surface area (Å²) < 4.78 is 7.18. The lowest BCUT2D eigenvalue weighted by molar-refractivity contribution is 0.0689. The van der Waals surface area contributed by atoms with Crippen molar-refractivity contribution < 1.29 is 4.74 Å². The molecule has 3 rings (SSSR count). The van der Waals surface area contributed by atoms with E-state index < -0.39 is 0 Å². The number of hydrogen-bond acceptors (Lipinski definition) is 3. The topological polar surface area (TPSA) is 44.1 Å². The molecule has 0 amide bonds. The molecule has 1 aromatic heterocycles. The second-order valence-corrected chi connectivity index (χ2v) is 6.29. The van der Waals surface area contributed by atoms with Gasteiger partial charge in [0, 0.05) is 19.1 Å². The lowest BCUT2D eigenvalue weighted by atomic mass is 9.87. The Balaban J connectivity index is 2.01. The molecule has 4 heteroatoms. The Labute approximate surface area is 124 Å². The fourth-order valence-corrected chi connectivity index (χ4v) is 3.59. The number of rotatable bonds is 4. The van der Waals surface area contributed by atoms with Crippen molar-refractivity contribution >= 4 is 10.9 Å². The van der Waals surface area contributed by atoms with E-state index in [1.165, 1.54) is 12.8 Å². The number of methoxy groups -OCH3 is 1. The van der Waals surface area contributed by atoms with Crippen LogP contribution >= 0.6 is 0 Å². The minimum absolute atomic E-state index is 0.0612. The van der Waals surface area contributed by atoms with Crippen LogP contribution in [-0.2, 0) is 11.3 Å². The van der Waals surface area contributed by atoms with Crippen LogP contribution in [0, 0.1) is 12.3 Å². The van der Waals surface area contributed by atoms with Crippen molar-refractivity contribution in [1.29, 1.82) is 0 Å². The van der Waals surface area contributed by atoms with Gasteiger partial charge in [0.2, 0.25) is 0 Å². The summed E-state index contributed by atoms with van der Waals surface area (Å²) in [7, 11) is 1.74. The van der Waals surface area contributed by atoms with E-state index >= 15 is 0 Å². The Hall–Kier alpha value is -1.68. The molecule has 0 unspecified atom stereocenters. The summed E-state index contributed by atoms with van der Waals surface area (Å²) in [4.78, 5) is 17.2. The highest BCUT2D eigenvalue weighted by atomic mass is 16.5. The van der Waals surface area contributed by atoms with Crippen LogP contribution in [0.1, 0.15) is 31.2 Å². The first-order valence-electron chi connectivity index (χ1n) is 7.59. The zero-order chi connectivity index (χ0) is 14.9. The fraction of sp³-hybridized carbons (Fsp3) is 0.529. The SMILES string of the molecule is COCC1(Cn2cnc3c(C)cccc3c2=O)CCCC1. The maximum atomic E-state index is 12.7. The van der Waals surface area contributed by atoms with Gasteiger partial charge in [-0.1, -0.05) is 25.0 Å². The first kappa shape index (κ1) is 14.3. The summed E-state index contributed by atoms with van der Waals surface area (Å²) in [6, 6.07) is 5.78. The van der Waals surface area contributed by atoms with Gasteiger partial charge >= 0.3 is 0 Å². The van der Waals surface area contributed by atoms with Gasteiger partial charge in [-0.15, -0.1) is 0 Å². The Morgan fingerprint density at radius 2 is 2.10 bits per heavy atom. The third-order valence-corrected chi connectivity index (χ3v) is 4.68. The third-order valence-electron chi connectivity index (χ3n) is 4.68. The zero-order valence-electron chi connectivity index (χ0n) is 12.8. The molecular formula is C17H22N2O2. The van der Waals surface area contributed by atoms with Crippen LogP contribution in [0.5, 0.6) is 0 Å². The number of aryl methyl sites for hydroxylation is 1. The maximum absolute atomic E-state index is 12.7. The average molecular weight is 286 g/mol. The number of benzene rings is 1. The molecule has 0 spiro atoms. The second kappa shape index (κ2) is 5.60. The molecule has 1 heterocycles. The molecule has 1 aliphatic rings. The van der Waals surface area contributed by atoms with E-state index in [2.05, 4.69) is 4.98 Å². The van der Waals surface area contributed by atoms with Gasteiger partial charge in [-0.2, -0.15) is 0 Å². The highest BCUT2D eigenvalue weighted by Gasteiger charge is 2.34. The predicted molar refractivity (Wildman–Crippen MR) is 83.5 cm³/mol. The normalized spacial score (nSPS) is 17.4. The van der Waals surface area contributed by atoms with Crippen LogP contribution < -0.4 is 5.56 Å². The molecule has 0 bridgehead atoms. The molecule has 1 aliphatic carbocycles. The molecule has 1 aromatic carbocycles. The number of para-hydroxylation sites is 1. The molecule has 4 nitrogen and oxygen atoms in total. The monoisotopic (exact) mass is 286 g/mol. The number of hydrogen-bond donors (Lipinski definition) is 0. The van der Waals surface area contributed by atoms with Crippen molar-refractivity contribution in [3.8, 4) is 0 Å². The highest BCUT2D eigenvalue weighted by Crippen LogP contribution is 2.39. The maximum Gasteiger partial charge on any atom is 0.261 e. The summed E-state index contributed by atoms with van der Waals surface area (Å²) in [6.45, 7) is 3.41. The smallest absolute Gasteiger partial charge is 0.261 e. The average Bonchev–Trinajstić information content (AvgIpc) is 2.92. The lowest BCUT2D eigenvalue weighted by Crippen LogP contribution is -2.34. The first-order chi connectivity index (χ1) is 10.2. The van der Waals surface area contributed by atoms with Crippen molar-refractivity contribution in [1.82, 2.24) is 9.55 Å². The lowest BCUT2D eigenvalue weighted by Gasteiger charge is -2.28. The van der Waals surface area contributed by atoms with Crippen LogP contribution in [0.3, 0.4) is 0 Å². The van der Waals surface area contributed by atoms with E-state index in [1.807, 2.05) is 25.1 Å². The molecule has 1 fully saturated rings.